The summed E-state index contributed by atoms with van der Waals surface area (Å²) in [5.41, 5.74) is 0.472. The van der Waals surface area contributed by atoms with E-state index in [-0.39, 0.29) is 5.82 Å². The van der Waals surface area contributed by atoms with Crippen molar-refractivity contribution in [1.29, 1.82) is 0 Å². The minimum absolute atomic E-state index is 0.291. The summed E-state index contributed by atoms with van der Waals surface area (Å²) in [4.78, 5) is 2.36. The van der Waals surface area contributed by atoms with E-state index in [0.717, 1.165) is 44.5 Å². The monoisotopic (exact) mass is 307 g/mol. The highest BCUT2D eigenvalue weighted by Crippen LogP contribution is 2.44. The molecule has 2 fully saturated rings. The lowest BCUT2D eigenvalue weighted by Gasteiger charge is -2.40. The number of aliphatic hydroxyl groups is 1. The fourth-order valence-electron chi connectivity index (χ4n) is 4.35. The number of hydrogen-bond donors (Lipinski definition) is 1. The first kappa shape index (κ1) is 15.8. The molecule has 1 aromatic rings. The zero-order chi connectivity index (χ0) is 15.7. The highest BCUT2D eigenvalue weighted by Gasteiger charge is 2.47. The summed E-state index contributed by atoms with van der Waals surface area (Å²) in [6.07, 6.45) is 4.09. The largest absolute Gasteiger partial charge is 0.494 e. The van der Waals surface area contributed by atoms with Gasteiger partial charge in [-0.15, -0.1) is 0 Å². The van der Waals surface area contributed by atoms with Gasteiger partial charge in [-0.2, -0.15) is 0 Å². The van der Waals surface area contributed by atoms with E-state index in [1.807, 2.05) is 6.07 Å². The molecule has 0 bridgehead atoms. The molecule has 1 aliphatic carbocycles. The van der Waals surface area contributed by atoms with Gasteiger partial charge in [0.2, 0.25) is 0 Å². The van der Waals surface area contributed by atoms with E-state index in [1.54, 1.807) is 12.1 Å². The van der Waals surface area contributed by atoms with Crippen LogP contribution < -0.4 is 4.74 Å². The normalized spacial score (nSPS) is 32.0. The lowest BCUT2D eigenvalue weighted by Crippen LogP contribution is -2.44. The van der Waals surface area contributed by atoms with E-state index < -0.39 is 5.60 Å². The van der Waals surface area contributed by atoms with Crippen LogP contribution in [0.4, 0.5) is 4.39 Å². The molecule has 1 heterocycles. The second-order valence-corrected chi connectivity index (χ2v) is 6.88. The lowest BCUT2D eigenvalue weighted by molar-refractivity contribution is -0.0613. The Morgan fingerprint density at radius 2 is 2.23 bits per heavy atom. The molecular weight excluding hydrogens is 281 g/mol. The Morgan fingerprint density at radius 3 is 2.91 bits per heavy atom. The Hall–Kier alpha value is -1.13. The van der Waals surface area contributed by atoms with Crippen molar-refractivity contribution < 1.29 is 14.2 Å². The van der Waals surface area contributed by atoms with Crippen molar-refractivity contribution in [1.82, 2.24) is 4.90 Å². The Balaban J connectivity index is 1.69. The van der Waals surface area contributed by atoms with E-state index >= 15 is 0 Å². The molecule has 2 aliphatic rings. The third kappa shape index (κ3) is 2.86. The summed E-state index contributed by atoms with van der Waals surface area (Å²) < 4.78 is 18.8. The van der Waals surface area contributed by atoms with Crippen molar-refractivity contribution in [3.05, 3.63) is 29.6 Å². The van der Waals surface area contributed by atoms with Gasteiger partial charge in [0.15, 0.2) is 11.6 Å². The first-order valence-corrected chi connectivity index (χ1v) is 8.33. The molecule has 122 valence electrons. The van der Waals surface area contributed by atoms with Crippen molar-refractivity contribution in [2.24, 2.45) is 11.8 Å². The molecule has 22 heavy (non-hydrogen) atoms. The second-order valence-electron chi connectivity index (χ2n) is 6.88. The van der Waals surface area contributed by atoms with Gasteiger partial charge in [-0.05, 0) is 42.9 Å². The van der Waals surface area contributed by atoms with Crippen LogP contribution in [0.2, 0.25) is 0 Å². The van der Waals surface area contributed by atoms with E-state index in [0.29, 0.717) is 17.6 Å². The molecule has 3 rings (SSSR count). The van der Waals surface area contributed by atoms with Gasteiger partial charge in [-0.1, -0.05) is 19.4 Å². The molecule has 1 saturated carbocycles. The van der Waals surface area contributed by atoms with E-state index in [4.69, 9.17) is 4.74 Å². The van der Waals surface area contributed by atoms with Crippen LogP contribution in [0, 0.1) is 17.7 Å². The van der Waals surface area contributed by atoms with Crippen LogP contribution in [0.1, 0.15) is 38.2 Å². The van der Waals surface area contributed by atoms with Crippen molar-refractivity contribution >= 4 is 0 Å². The Bertz CT molecular complexity index is 536. The van der Waals surface area contributed by atoms with Gasteiger partial charge in [-0.25, -0.2) is 4.39 Å². The van der Waals surface area contributed by atoms with Crippen LogP contribution in [0.15, 0.2) is 18.2 Å². The predicted molar refractivity (Wildman–Crippen MR) is 84.3 cm³/mol. The molecule has 0 amide bonds. The quantitative estimate of drug-likeness (QED) is 0.927. The minimum Gasteiger partial charge on any atom is -0.494 e. The van der Waals surface area contributed by atoms with Crippen molar-refractivity contribution in [2.45, 2.75) is 44.8 Å². The summed E-state index contributed by atoms with van der Waals surface area (Å²) in [5, 5.41) is 10.8. The first-order chi connectivity index (χ1) is 10.6. The molecule has 0 unspecified atom stereocenters. The molecule has 3 atom stereocenters. The molecule has 1 saturated heterocycles. The summed E-state index contributed by atoms with van der Waals surface area (Å²) in [6, 6.07) is 5.18. The average molecular weight is 307 g/mol. The maximum absolute atomic E-state index is 13.8. The summed E-state index contributed by atoms with van der Waals surface area (Å²) >= 11 is 0. The van der Waals surface area contributed by atoms with Crippen LogP contribution in [0.3, 0.4) is 0 Å². The van der Waals surface area contributed by atoms with E-state index in [2.05, 4.69) is 11.8 Å². The molecule has 3 nitrogen and oxygen atoms in total. The fourth-order valence-corrected chi connectivity index (χ4v) is 4.35. The number of halogens is 1. The van der Waals surface area contributed by atoms with Crippen LogP contribution in [0.5, 0.6) is 5.75 Å². The van der Waals surface area contributed by atoms with E-state index in [9.17, 15) is 9.50 Å². The molecule has 1 aliphatic heterocycles. The minimum atomic E-state index is -0.497. The Labute approximate surface area is 132 Å². The van der Waals surface area contributed by atoms with Gasteiger partial charge < -0.3 is 9.84 Å². The second kappa shape index (κ2) is 6.17. The van der Waals surface area contributed by atoms with Gasteiger partial charge in [0.1, 0.15) is 0 Å². The standard InChI is InChI=1S/C18H26FNO2/c1-3-18(21)8-4-5-14-11-20(12-15(14)18)10-13-6-7-17(22-2)16(19)9-13/h6-7,9,14-15,21H,3-5,8,10-12H2,1-2H3/t14-,15+,18-/m1/s1. The van der Waals surface area contributed by atoms with Crippen molar-refractivity contribution in [2.75, 3.05) is 20.2 Å². The Morgan fingerprint density at radius 1 is 1.41 bits per heavy atom. The third-order valence-electron chi connectivity index (χ3n) is 5.63. The number of fused-ring (bicyclic) bond motifs is 1. The summed E-state index contributed by atoms with van der Waals surface area (Å²) in [7, 11) is 1.48. The first-order valence-electron chi connectivity index (χ1n) is 8.33. The fraction of sp³-hybridized carbons (Fsp3) is 0.667. The van der Waals surface area contributed by atoms with Crippen molar-refractivity contribution in [3.63, 3.8) is 0 Å². The zero-order valence-corrected chi connectivity index (χ0v) is 13.5. The predicted octanol–water partition coefficient (Wildman–Crippen LogP) is 3.21. The van der Waals surface area contributed by atoms with Crippen LogP contribution in [-0.2, 0) is 6.54 Å². The zero-order valence-electron chi connectivity index (χ0n) is 13.5. The van der Waals surface area contributed by atoms with Gasteiger partial charge in [0, 0.05) is 25.6 Å². The number of benzene rings is 1. The van der Waals surface area contributed by atoms with Gasteiger partial charge >= 0.3 is 0 Å². The highest BCUT2D eigenvalue weighted by molar-refractivity contribution is 5.29. The maximum Gasteiger partial charge on any atom is 0.165 e. The SMILES string of the molecule is CC[C@@]1(O)CCC[C@@H]2CN(Cc3ccc(OC)c(F)c3)C[C@@H]21. The highest BCUT2D eigenvalue weighted by atomic mass is 19.1. The summed E-state index contributed by atoms with van der Waals surface area (Å²) in [5.74, 6) is 0.942. The smallest absolute Gasteiger partial charge is 0.165 e. The molecule has 0 aromatic heterocycles. The van der Waals surface area contributed by atoms with Crippen molar-refractivity contribution in [3.8, 4) is 5.75 Å². The number of ether oxygens (including phenoxy) is 1. The van der Waals surface area contributed by atoms with Crippen LogP contribution in [0.25, 0.3) is 0 Å². The van der Waals surface area contributed by atoms with Crippen LogP contribution in [-0.4, -0.2) is 35.8 Å². The maximum atomic E-state index is 13.8. The van der Waals surface area contributed by atoms with E-state index in [1.165, 1.54) is 13.5 Å². The molecule has 1 N–H and O–H groups in total. The average Bonchev–Trinajstić information content (AvgIpc) is 2.92. The van der Waals surface area contributed by atoms with Gasteiger partial charge in [-0.3, -0.25) is 4.90 Å². The number of hydrogen-bond acceptors (Lipinski definition) is 3. The molecule has 4 heteroatoms. The number of likely N-dealkylation sites (tertiary alicyclic amines) is 1. The molecular formula is C18H26FNO2. The topological polar surface area (TPSA) is 32.7 Å². The Kier molecular flexibility index (Phi) is 4.42. The number of methoxy groups -OCH3 is 1. The molecule has 1 aromatic carbocycles. The summed E-state index contributed by atoms with van der Waals surface area (Å²) in [6.45, 7) is 4.76. The molecule has 0 spiro atoms. The van der Waals surface area contributed by atoms with Gasteiger partial charge in [0.25, 0.3) is 0 Å². The number of rotatable bonds is 4. The lowest BCUT2D eigenvalue weighted by atomic mass is 9.69. The third-order valence-corrected chi connectivity index (χ3v) is 5.63. The number of nitrogens with zero attached hydrogens (tertiary/aromatic N) is 1. The molecule has 0 radical (unpaired) electrons. The van der Waals surface area contributed by atoms with Gasteiger partial charge in [0.05, 0.1) is 12.7 Å². The van der Waals surface area contributed by atoms with Crippen LogP contribution >= 0.6 is 0 Å².